The molecule has 1 aliphatic heterocycles. The fraction of sp³-hybridized carbons (Fsp3) is 0.800. The van der Waals surface area contributed by atoms with Gasteiger partial charge in [0.25, 0.3) is 0 Å². The van der Waals surface area contributed by atoms with E-state index in [1.165, 1.54) is 0 Å². The molecule has 4 nitrogen and oxygen atoms in total. The number of hydrogen-bond acceptors (Lipinski definition) is 3. The molecule has 14 heavy (non-hydrogen) atoms. The lowest BCUT2D eigenvalue weighted by Gasteiger charge is -2.30. The van der Waals surface area contributed by atoms with E-state index in [1.54, 1.807) is 0 Å². The lowest BCUT2D eigenvalue weighted by molar-refractivity contribution is -0.119. The molecule has 1 aliphatic rings. The molecule has 1 rings (SSSR count). The Morgan fingerprint density at radius 3 is 2.57 bits per heavy atom. The fourth-order valence-corrected chi connectivity index (χ4v) is 1.93. The van der Waals surface area contributed by atoms with Gasteiger partial charge in [-0.25, -0.2) is 0 Å². The van der Waals surface area contributed by atoms with E-state index in [2.05, 4.69) is 4.90 Å². The summed E-state index contributed by atoms with van der Waals surface area (Å²) in [5, 5.41) is 0. The van der Waals surface area contributed by atoms with Crippen LogP contribution in [0.25, 0.3) is 0 Å². The molecule has 0 atom stereocenters. The lowest BCUT2D eigenvalue weighted by atomic mass is 9.93. The van der Waals surface area contributed by atoms with E-state index in [4.69, 9.17) is 5.73 Å². The highest BCUT2D eigenvalue weighted by molar-refractivity contribution is 5.73. The number of rotatable bonds is 5. The number of piperidine rings is 1. The first-order valence-electron chi connectivity index (χ1n) is 5.16. The highest BCUT2D eigenvalue weighted by Crippen LogP contribution is 2.19. The lowest BCUT2D eigenvalue weighted by Crippen LogP contribution is -2.35. The Morgan fingerprint density at radius 2 is 2.07 bits per heavy atom. The molecule has 4 heteroatoms. The average molecular weight is 198 g/mol. The van der Waals surface area contributed by atoms with E-state index in [9.17, 15) is 9.59 Å². The summed E-state index contributed by atoms with van der Waals surface area (Å²) in [5.74, 6) is 0.260. The van der Waals surface area contributed by atoms with Crippen molar-refractivity contribution in [3.05, 3.63) is 0 Å². The van der Waals surface area contributed by atoms with Gasteiger partial charge in [-0.1, -0.05) is 0 Å². The number of aldehydes is 1. The summed E-state index contributed by atoms with van der Waals surface area (Å²) in [7, 11) is 0. The van der Waals surface area contributed by atoms with Crippen LogP contribution < -0.4 is 5.73 Å². The van der Waals surface area contributed by atoms with Gasteiger partial charge in [0.05, 0.1) is 0 Å². The van der Waals surface area contributed by atoms with Gasteiger partial charge >= 0.3 is 0 Å². The summed E-state index contributed by atoms with van der Waals surface area (Å²) >= 11 is 0. The van der Waals surface area contributed by atoms with Crippen LogP contribution in [0.5, 0.6) is 0 Å². The number of amides is 1. The van der Waals surface area contributed by atoms with Gasteiger partial charge in [0.15, 0.2) is 0 Å². The van der Waals surface area contributed by atoms with Crippen LogP contribution >= 0.6 is 0 Å². The molecule has 0 aromatic heterocycles. The molecule has 0 spiro atoms. The Bertz CT molecular complexity index is 198. The van der Waals surface area contributed by atoms with E-state index in [1.807, 2.05) is 0 Å². The molecule has 0 aromatic carbocycles. The van der Waals surface area contributed by atoms with Crippen molar-refractivity contribution in [1.29, 1.82) is 0 Å². The van der Waals surface area contributed by atoms with Gasteiger partial charge in [0, 0.05) is 19.4 Å². The monoisotopic (exact) mass is 198 g/mol. The third kappa shape index (κ3) is 3.87. The second-order valence-corrected chi connectivity index (χ2v) is 3.91. The number of nitrogens with two attached hydrogens (primary N) is 1. The maximum atomic E-state index is 10.7. The molecule has 0 aliphatic carbocycles. The van der Waals surface area contributed by atoms with Crippen LogP contribution in [0, 0.1) is 5.92 Å². The first-order chi connectivity index (χ1) is 6.72. The third-order valence-corrected chi connectivity index (χ3v) is 2.76. The van der Waals surface area contributed by atoms with E-state index in [0.29, 0.717) is 18.8 Å². The number of hydrogen-bond donors (Lipinski definition) is 1. The standard InChI is InChI=1S/C10H18N2O2/c11-10(14)8-9-2-5-12(6-3-9)4-1-7-13/h7,9H,1-6,8H2,(H2,11,14). The summed E-state index contributed by atoms with van der Waals surface area (Å²) in [5.41, 5.74) is 5.14. The van der Waals surface area contributed by atoms with E-state index in [0.717, 1.165) is 38.8 Å². The summed E-state index contributed by atoms with van der Waals surface area (Å²) in [6.07, 6.45) is 4.14. The van der Waals surface area contributed by atoms with Crippen molar-refractivity contribution in [3.8, 4) is 0 Å². The normalized spacial score (nSPS) is 19.4. The summed E-state index contributed by atoms with van der Waals surface area (Å²) in [6, 6.07) is 0. The number of likely N-dealkylation sites (tertiary alicyclic amines) is 1. The zero-order valence-electron chi connectivity index (χ0n) is 8.45. The van der Waals surface area contributed by atoms with Gasteiger partial charge < -0.3 is 15.4 Å². The number of primary amides is 1. The molecule has 0 aromatic rings. The summed E-state index contributed by atoms with van der Waals surface area (Å²) in [6.45, 7) is 2.84. The summed E-state index contributed by atoms with van der Waals surface area (Å²) < 4.78 is 0. The van der Waals surface area contributed by atoms with Gasteiger partial charge in [-0.05, 0) is 31.8 Å². The minimum atomic E-state index is -0.198. The minimum absolute atomic E-state index is 0.198. The van der Waals surface area contributed by atoms with Crippen molar-refractivity contribution in [2.24, 2.45) is 11.7 Å². The first-order valence-corrected chi connectivity index (χ1v) is 5.16. The highest BCUT2D eigenvalue weighted by Gasteiger charge is 2.19. The van der Waals surface area contributed by atoms with Crippen molar-refractivity contribution in [1.82, 2.24) is 4.90 Å². The van der Waals surface area contributed by atoms with Crippen LogP contribution in [0.15, 0.2) is 0 Å². The topological polar surface area (TPSA) is 63.4 Å². The van der Waals surface area contributed by atoms with Crippen LogP contribution in [0.1, 0.15) is 25.7 Å². The second-order valence-electron chi connectivity index (χ2n) is 3.91. The van der Waals surface area contributed by atoms with E-state index >= 15 is 0 Å². The molecule has 1 saturated heterocycles. The predicted molar refractivity (Wildman–Crippen MR) is 53.7 cm³/mol. The largest absolute Gasteiger partial charge is 0.370 e. The Labute approximate surface area is 84.4 Å². The van der Waals surface area contributed by atoms with Crippen molar-refractivity contribution < 1.29 is 9.59 Å². The van der Waals surface area contributed by atoms with E-state index in [-0.39, 0.29) is 5.91 Å². The van der Waals surface area contributed by atoms with Crippen molar-refractivity contribution >= 4 is 12.2 Å². The van der Waals surface area contributed by atoms with Crippen molar-refractivity contribution in [2.75, 3.05) is 19.6 Å². The first kappa shape index (κ1) is 11.2. The SMILES string of the molecule is NC(=O)CC1CCN(CCC=O)CC1. The molecular weight excluding hydrogens is 180 g/mol. The number of nitrogens with zero attached hydrogens (tertiary/aromatic N) is 1. The number of carbonyl (C=O) groups excluding carboxylic acids is 2. The zero-order chi connectivity index (χ0) is 10.4. The number of carbonyl (C=O) groups is 2. The zero-order valence-corrected chi connectivity index (χ0v) is 8.45. The third-order valence-electron chi connectivity index (χ3n) is 2.76. The second kappa shape index (κ2) is 5.75. The molecule has 2 N–H and O–H groups in total. The molecule has 0 bridgehead atoms. The van der Waals surface area contributed by atoms with Crippen LogP contribution in [-0.4, -0.2) is 36.7 Å². The molecule has 1 amide bonds. The quantitative estimate of drug-likeness (QED) is 0.640. The van der Waals surface area contributed by atoms with Gasteiger partial charge in [-0.3, -0.25) is 4.79 Å². The molecule has 0 saturated carbocycles. The molecule has 1 heterocycles. The highest BCUT2D eigenvalue weighted by atomic mass is 16.1. The Morgan fingerprint density at radius 1 is 1.43 bits per heavy atom. The Hall–Kier alpha value is -0.900. The van der Waals surface area contributed by atoms with Gasteiger partial charge in [0.1, 0.15) is 6.29 Å². The van der Waals surface area contributed by atoms with E-state index < -0.39 is 0 Å². The van der Waals surface area contributed by atoms with Crippen LogP contribution in [0.4, 0.5) is 0 Å². The van der Waals surface area contributed by atoms with Crippen molar-refractivity contribution in [2.45, 2.75) is 25.7 Å². The molecule has 80 valence electrons. The molecular formula is C10H18N2O2. The predicted octanol–water partition coefficient (Wildman–Crippen LogP) is 0.163. The maximum Gasteiger partial charge on any atom is 0.217 e. The van der Waals surface area contributed by atoms with Crippen LogP contribution in [0.2, 0.25) is 0 Å². The van der Waals surface area contributed by atoms with Crippen molar-refractivity contribution in [3.63, 3.8) is 0 Å². The fourth-order valence-electron chi connectivity index (χ4n) is 1.93. The van der Waals surface area contributed by atoms with Crippen LogP contribution in [-0.2, 0) is 9.59 Å². The molecule has 0 unspecified atom stereocenters. The van der Waals surface area contributed by atoms with Gasteiger partial charge in [-0.2, -0.15) is 0 Å². The smallest absolute Gasteiger partial charge is 0.217 e. The molecule has 0 radical (unpaired) electrons. The minimum Gasteiger partial charge on any atom is -0.370 e. The maximum absolute atomic E-state index is 10.7. The Balaban J connectivity index is 2.17. The molecule has 1 fully saturated rings. The van der Waals surface area contributed by atoms with Crippen LogP contribution in [0.3, 0.4) is 0 Å². The Kier molecular flexibility index (Phi) is 4.59. The average Bonchev–Trinajstić information content (AvgIpc) is 2.16. The van der Waals surface area contributed by atoms with Gasteiger partial charge in [-0.15, -0.1) is 0 Å². The van der Waals surface area contributed by atoms with Gasteiger partial charge in [0.2, 0.25) is 5.91 Å². The summed E-state index contributed by atoms with van der Waals surface area (Å²) in [4.78, 5) is 23.1.